The second-order valence-electron chi connectivity index (χ2n) is 10.1. The number of nitrogens with one attached hydrogen (secondary N) is 2. The number of rotatable bonds is 7. The number of amides is 3. The van der Waals surface area contributed by atoms with Crippen molar-refractivity contribution < 1.29 is 14.4 Å². The van der Waals surface area contributed by atoms with E-state index in [1.54, 1.807) is 11.1 Å². The maximum Gasteiger partial charge on any atom is 0.246 e. The molecule has 0 spiro atoms. The lowest BCUT2D eigenvalue weighted by molar-refractivity contribution is -0.143. The van der Waals surface area contributed by atoms with Crippen LogP contribution in [0.3, 0.4) is 0 Å². The van der Waals surface area contributed by atoms with E-state index in [0.29, 0.717) is 13.0 Å². The van der Waals surface area contributed by atoms with Crippen LogP contribution in [0.15, 0.2) is 35.0 Å². The van der Waals surface area contributed by atoms with Gasteiger partial charge in [0.05, 0.1) is 6.04 Å². The molecule has 1 fully saturated rings. The average Bonchev–Trinajstić information content (AvgIpc) is 3.26. The number of likely N-dealkylation sites (tertiary alicyclic amines) is 1. The van der Waals surface area contributed by atoms with Crippen LogP contribution in [0.4, 0.5) is 0 Å². The fraction of sp³-hybridized carbons (Fsp3) is 0.556. The molecule has 0 bridgehead atoms. The molecule has 0 aliphatic carbocycles. The van der Waals surface area contributed by atoms with Crippen molar-refractivity contribution in [3.05, 3.63) is 41.1 Å². The second-order valence-corrected chi connectivity index (χ2v) is 10.1. The fourth-order valence-corrected chi connectivity index (χ4v) is 4.23. The molecule has 1 aliphatic rings. The minimum Gasteiger partial charge on any atom is -0.348 e. The highest BCUT2D eigenvalue weighted by atomic mass is 16.2. The van der Waals surface area contributed by atoms with E-state index in [-0.39, 0.29) is 23.8 Å². The molecule has 2 N–H and O–H groups in total. The molecule has 1 aliphatic heterocycles. The lowest BCUT2D eigenvalue weighted by Gasteiger charge is -2.35. The molecule has 7 heteroatoms. The quantitative estimate of drug-likeness (QED) is 0.586. The predicted molar refractivity (Wildman–Crippen MR) is 137 cm³/mol. The first kappa shape index (κ1) is 27.3. The number of nitrogens with zero attached hydrogens (tertiary/aromatic N) is 2. The molecule has 0 aromatic heterocycles. The van der Waals surface area contributed by atoms with Crippen LogP contribution < -0.4 is 10.6 Å². The van der Waals surface area contributed by atoms with E-state index in [1.165, 1.54) is 6.92 Å². The van der Waals surface area contributed by atoms with Gasteiger partial charge in [-0.05, 0) is 62.7 Å². The Balaban J connectivity index is 2.12. The maximum atomic E-state index is 13.3. The monoisotopic (exact) mass is 468 g/mol. The normalized spacial score (nSPS) is 18.9. The van der Waals surface area contributed by atoms with Crippen molar-refractivity contribution in [3.63, 3.8) is 0 Å². The Kier molecular flexibility index (Phi) is 9.19. The number of carbonyl (C=O) groups excluding carboxylic acids is 3. The van der Waals surface area contributed by atoms with Gasteiger partial charge in [-0.25, -0.2) is 0 Å². The molecular weight excluding hydrogens is 428 g/mol. The van der Waals surface area contributed by atoms with E-state index in [9.17, 15) is 14.4 Å². The van der Waals surface area contributed by atoms with E-state index in [4.69, 9.17) is 0 Å². The summed E-state index contributed by atoms with van der Waals surface area (Å²) in [6.45, 7) is 15.5. The molecule has 1 saturated heterocycles. The van der Waals surface area contributed by atoms with Crippen LogP contribution in [-0.2, 0) is 14.4 Å². The minimum atomic E-state index is -0.680. The summed E-state index contributed by atoms with van der Waals surface area (Å²) in [6.07, 6.45) is 3.15. The van der Waals surface area contributed by atoms with Gasteiger partial charge in [0.1, 0.15) is 12.1 Å². The number of carbonyl (C=O) groups is 3. The zero-order chi connectivity index (χ0) is 25.6. The Morgan fingerprint density at radius 2 is 1.71 bits per heavy atom. The molecule has 3 atom stereocenters. The summed E-state index contributed by atoms with van der Waals surface area (Å²) in [5.74, 6) is -0.626. The number of allylic oxidation sites excluding steroid dienone is 2. The molecule has 1 aromatic rings. The smallest absolute Gasteiger partial charge is 0.246 e. The Morgan fingerprint density at radius 3 is 2.24 bits per heavy atom. The SMILES string of the molecule is CC=N/C(C)=C(\C)c1ccc(C(C)NC(=O)C2CCCN2C(=O)C(NC(C)=O)C(C)(C)C)cc1. The van der Waals surface area contributed by atoms with Crippen LogP contribution in [0.25, 0.3) is 5.57 Å². The summed E-state index contributed by atoms with van der Waals surface area (Å²) in [5, 5.41) is 5.86. The van der Waals surface area contributed by atoms with Gasteiger partial charge >= 0.3 is 0 Å². The Hall–Kier alpha value is -2.96. The zero-order valence-electron chi connectivity index (χ0n) is 21.9. The largest absolute Gasteiger partial charge is 0.348 e. The van der Waals surface area contributed by atoms with Gasteiger partial charge in [0.2, 0.25) is 17.7 Å². The van der Waals surface area contributed by atoms with Gasteiger partial charge in [-0.1, -0.05) is 45.0 Å². The van der Waals surface area contributed by atoms with Crippen molar-refractivity contribution in [3.8, 4) is 0 Å². The molecule has 0 radical (unpaired) electrons. The summed E-state index contributed by atoms with van der Waals surface area (Å²) in [4.78, 5) is 44.2. The molecule has 3 unspecified atom stereocenters. The number of hydrogen-bond donors (Lipinski definition) is 2. The third-order valence-electron chi connectivity index (χ3n) is 6.37. The third-order valence-corrected chi connectivity index (χ3v) is 6.37. The van der Waals surface area contributed by atoms with Crippen LogP contribution in [0, 0.1) is 5.41 Å². The van der Waals surface area contributed by atoms with Gasteiger partial charge in [0.15, 0.2) is 0 Å². The molecule has 0 saturated carbocycles. The standard InChI is InChI=1S/C27H40N4O3/c1-9-28-18(3)17(2)21-12-14-22(15-13-21)19(4)29-25(33)23-11-10-16-31(23)26(34)24(27(6,7)8)30-20(5)32/h9,12-15,19,23-24H,10-11,16H2,1-8H3,(H,29,33)(H,30,32)/b18-17+,28-9?. The Morgan fingerprint density at radius 1 is 1.09 bits per heavy atom. The Labute approximate surface area is 204 Å². The Bertz CT molecular complexity index is 957. The van der Waals surface area contributed by atoms with Crippen molar-refractivity contribution in [1.29, 1.82) is 0 Å². The second kappa shape index (κ2) is 11.4. The highest BCUT2D eigenvalue weighted by Crippen LogP contribution is 2.27. The van der Waals surface area contributed by atoms with Crippen LogP contribution in [0.5, 0.6) is 0 Å². The maximum absolute atomic E-state index is 13.3. The third kappa shape index (κ3) is 6.78. The number of aliphatic imine (C=N–C) groups is 1. The van der Waals surface area contributed by atoms with Crippen molar-refractivity contribution in [2.75, 3.05) is 6.54 Å². The molecule has 2 rings (SSSR count). The van der Waals surface area contributed by atoms with Gasteiger partial charge in [-0.3, -0.25) is 19.4 Å². The molecule has 1 heterocycles. The van der Waals surface area contributed by atoms with Crippen LogP contribution in [-0.4, -0.2) is 47.5 Å². The fourth-order valence-electron chi connectivity index (χ4n) is 4.23. The molecule has 3 amide bonds. The van der Waals surface area contributed by atoms with E-state index >= 15 is 0 Å². The topological polar surface area (TPSA) is 90.9 Å². The van der Waals surface area contributed by atoms with Crippen molar-refractivity contribution in [2.24, 2.45) is 10.4 Å². The summed E-state index contributed by atoms with van der Waals surface area (Å²) < 4.78 is 0. The molecule has 186 valence electrons. The van der Waals surface area contributed by atoms with E-state index in [1.807, 2.05) is 72.7 Å². The van der Waals surface area contributed by atoms with Crippen molar-refractivity contribution in [2.45, 2.75) is 86.4 Å². The molecule has 34 heavy (non-hydrogen) atoms. The van der Waals surface area contributed by atoms with E-state index in [0.717, 1.165) is 28.8 Å². The highest BCUT2D eigenvalue weighted by Gasteiger charge is 2.41. The van der Waals surface area contributed by atoms with Crippen LogP contribution in [0.1, 0.15) is 85.4 Å². The summed E-state index contributed by atoms with van der Waals surface area (Å²) in [5.41, 5.74) is 3.69. The van der Waals surface area contributed by atoms with E-state index in [2.05, 4.69) is 15.6 Å². The average molecular weight is 469 g/mol. The molecule has 7 nitrogen and oxygen atoms in total. The molecular formula is C27H40N4O3. The van der Waals surface area contributed by atoms with Crippen LogP contribution in [0.2, 0.25) is 0 Å². The summed E-state index contributed by atoms with van der Waals surface area (Å²) >= 11 is 0. The first-order valence-corrected chi connectivity index (χ1v) is 12.0. The minimum absolute atomic E-state index is 0.165. The summed E-state index contributed by atoms with van der Waals surface area (Å²) in [6, 6.07) is 6.68. The number of hydrogen-bond acceptors (Lipinski definition) is 4. The lowest BCUT2D eigenvalue weighted by atomic mass is 9.85. The lowest BCUT2D eigenvalue weighted by Crippen LogP contribution is -2.57. The first-order chi connectivity index (χ1) is 15.9. The summed E-state index contributed by atoms with van der Waals surface area (Å²) in [7, 11) is 0. The highest BCUT2D eigenvalue weighted by molar-refractivity contribution is 5.92. The van der Waals surface area contributed by atoms with Gasteiger partial charge in [-0.2, -0.15) is 0 Å². The first-order valence-electron chi connectivity index (χ1n) is 12.0. The van der Waals surface area contributed by atoms with Gasteiger partial charge in [-0.15, -0.1) is 0 Å². The van der Waals surface area contributed by atoms with Gasteiger partial charge in [0, 0.05) is 25.4 Å². The van der Waals surface area contributed by atoms with Crippen molar-refractivity contribution >= 4 is 29.5 Å². The zero-order valence-corrected chi connectivity index (χ0v) is 21.9. The van der Waals surface area contributed by atoms with E-state index < -0.39 is 17.5 Å². The van der Waals surface area contributed by atoms with Gasteiger partial charge < -0.3 is 15.5 Å². The van der Waals surface area contributed by atoms with Gasteiger partial charge in [0.25, 0.3) is 0 Å². The predicted octanol–water partition coefficient (Wildman–Crippen LogP) is 4.25. The molecule has 1 aromatic carbocycles. The number of benzene rings is 1. The van der Waals surface area contributed by atoms with Crippen LogP contribution >= 0.6 is 0 Å². The van der Waals surface area contributed by atoms with Crippen molar-refractivity contribution in [1.82, 2.24) is 15.5 Å².